The summed E-state index contributed by atoms with van der Waals surface area (Å²) < 4.78 is 6.03. The Labute approximate surface area is 255 Å². The number of nitrogens with zero attached hydrogens (tertiary/aromatic N) is 3. The molecule has 0 bridgehead atoms. The fraction of sp³-hybridized carbons (Fsp3) is 0.242. The predicted octanol–water partition coefficient (Wildman–Crippen LogP) is 4.91. The van der Waals surface area contributed by atoms with E-state index in [2.05, 4.69) is 10.3 Å². The second-order valence-corrected chi connectivity index (χ2v) is 10.9. The number of anilines is 1. The van der Waals surface area contributed by atoms with E-state index in [1.807, 2.05) is 65.6 Å². The number of aromatic hydroxyl groups is 1. The van der Waals surface area contributed by atoms with Crippen molar-refractivity contribution in [2.75, 3.05) is 44.7 Å². The van der Waals surface area contributed by atoms with Gasteiger partial charge in [0.05, 0.1) is 5.02 Å². The lowest BCUT2D eigenvalue weighted by Gasteiger charge is -2.36. The molecule has 1 aliphatic heterocycles. The summed E-state index contributed by atoms with van der Waals surface area (Å²) in [7, 11) is 1.76. The summed E-state index contributed by atoms with van der Waals surface area (Å²) in [4.78, 5) is 41.3. The third-order valence-electron chi connectivity index (χ3n) is 7.51. The van der Waals surface area contributed by atoms with Crippen LogP contribution in [0.2, 0.25) is 5.02 Å². The molecule has 43 heavy (non-hydrogen) atoms. The van der Waals surface area contributed by atoms with Gasteiger partial charge in [-0.1, -0.05) is 41.9 Å². The van der Waals surface area contributed by atoms with Gasteiger partial charge in [0, 0.05) is 62.0 Å². The molecule has 1 saturated heterocycles. The normalized spacial score (nSPS) is 13.3. The van der Waals surface area contributed by atoms with E-state index in [9.17, 15) is 19.5 Å². The van der Waals surface area contributed by atoms with Crippen LogP contribution < -0.4 is 15.1 Å². The highest BCUT2D eigenvalue weighted by atomic mass is 35.5. The Hall–Kier alpha value is -4.60. The quantitative estimate of drug-likeness (QED) is 0.208. The molecule has 0 aromatic heterocycles. The molecule has 10 heteroatoms. The molecule has 0 saturated carbocycles. The van der Waals surface area contributed by atoms with Gasteiger partial charge in [0.1, 0.15) is 11.5 Å². The molecular weight excluding hydrogens is 568 g/mol. The summed E-state index contributed by atoms with van der Waals surface area (Å²) in [5, 5.41) is 13.2. The number of benzene rings is 4. The molecule has 4 aromatic rings. The second-order valence-electron chi connectivity index (χ2n) is 10.5. The van der Waals surface area contributed by atoms with Gasteiger partial charge in [-0.3, -0.25) is 19.8 Å². The number of halogens is 1. The highest BCUT2D eigenvalue weighted by molar-refractivity contribution is 6.32. The Morgan fingerprint density at radius 1 is 0.907 bits per heavy atom. The SMILES string of the molecule is CC(=O)c1ccc(N2CCN(C(=O)COc3ccc(CN(C)NC(=O)c4ccc(O)c(Cl)c4)c4ccccc34)CC2)cc1. The highest BCUT2D eigenvalue weighted by Gasteiger charge is 2.22. The molecular formula is C33H33ClN4O5. The zero-order chi connectivity index (χ0) is 30.5. The van der Waals surface area contributed by atoms with Crippen LogP contribution >= 0.6 is 11.6 Å². The Morgan fingerprint density at radius 2 is 1.58 bits per heavy atom. The first-order valence-corrected chi connectivity index (χ1v) is 14.3. The Morgan fingerprint density at radius 3 is 2.26 bits per heavy atom. The van der Waals surface area contributed by atoms with Crippen LogP contribution in [0.15, 0.2) is 78.9 Å². The molecule has 2 N–H and O–H groups in total. The highest BCUT2D eigenvalue weighted by Crippen LogP contribution is 2.29. The third-order valence-corrected chi connectivity index (χ3v) is 7.81. The number of hydrogen-bond donors (Lipinski definition) is 2. The maximum absolute atomic E-state index is 13.0. The van der Waals surface area contributed by atoms with E-state index >= 15 is 0 Å². The lowest BCUT2D eigenvalue weighted by atomic mass is 10.0. The summed E-state index contributed by atoms with van der Waals surface area (Å²) >= 11 is 5.95. The second kappa shape index (κ2) is 13.1. The van der Waals surface area contributed by atoms with Crippen LogP contribution in [0.4, 0.5) is 5.69 Å². The lowest BCUT2D eigenvalue weighted by Crippen LogP contribution is -2.50. The van der Waals surface area contributed by atoms with Crippen molar-refractivity contribution < 1.29 is 24.2 Å². The smallest absolute Gasteiger partial charge is 0.265 e. The average molecular weight is 601 g/mol. The number of piperazine rings is 1. The fourth-order valence-electron chi connectivity index (χ4n) is 5.13. The third kappa shape index (κ3) is 7.07. The molecule has 0 spiro atoms. The van der Waals surface area contributed by atoms with Gasteiger partial charge in [-0.25, -0.2) is 5.01 Å². The first-order valence-electron chi connectivity index (χ1n) is 14.0. The molecule has 0 unspecified atom stereocenters. The molecule has 0 radical (unpaired) electrons. The predicted molar refractivity (Wildman–Crippen MR) is 167 cm³/mol. The van der Waals surface area contributed by atoms with Crippen LogP contribution in [0.5, 0.6) is 11.5 Å². The van der Waals surface area contributed by atoms with Crippen molar-refractivity contribution in [1.29, 1.82) is 0 Å². The number of fused-ring (bicyclic) bond motifs is 1. The van der Waals surface area contributed by atoms with Crippen molar-refractivity contribution in [1.82, 2.24) is 15.3 Å². The molecule has 2 amide bonds. The van der Waals surface area contributed by atoms with Gasteiger partial charge in [-0.15, -0.1) is 0 Å². The molecule has 9 nitrogen and oxygen atoms in total. The number of hydrazine groups is 1. The summed E-state index contributed by atoms with van der Waals surface area (Å²) in [6.45, 7) is 4.48. The van der Waals surface area contributed by atoms with Crippen molar-refractivity contribution in [3.8, 4) is 11.5 Å². The van der Waals surface area contributed by atoms with E-state index in [1.54, 1.807) is 19.0 Å². The fourth-order valence-corrected chi connectivity index (χ4v) is 5.31. The van der Waals surface area contributed by atoms with Crippen LogP contribution in [0.1, 0.15) is 33.2 Å². The van der Waals surface area contributed by atoms with Crippen molar-refractivity contribution in [3.63, 3.8) is 0 Å². The number of amides is 2. The number of ketones is 1. The van der Waals surface area contributed by atoms with Gasteiger partial charge < -0.3 is 19.6 Å². The number of phenolic OH excluding ortho intramolecular Hbond substituents is 1. The standard InChI is InChI=1S/C33H33ClN4O5/c1-22(39)23-7-11-26(12-8-23)37-15-17-38(18-16-37)32(41)21-43-31-14-10-25(27-5-3-4-6-28(27)31)20-36(2)35-33(42)24-9-13-30(40)29(34)19-24/h3-14,19,40H,15-18,20-21H2,1-2H3,(H,35,42). The Kier molecular flexibility index (Phi) is 9.13. The summed E-state index contributed by atoms with van der Waals surface area (Å²) in [5.41, 5.74) is 5.84. The number of phenols is 1. The van der Waals surface area contributed by atoms with Gasteiger partial charge in [0.15, 0.2) is 12.4 Å². The molecule has 0 aliphatic carbocycles. The largest absolute Gasteiger partial charge is 0.506 e. The van der Waals surface area contributed by atoms with Crippen LogP contribution in [0.3, 0.4) is 0 Å². The van der Waals surface area contributed by atoms with Crippen LogP contribution in [-0.4, -0.2) is 72.4 Å². The number of hydrogen-bond acceptors (Lipinski definition) is 7. The van der Waals surface area contributed by atoms with E-state index in [0.717, 1.165) is 22.0 Å². The summed E-state index contributed by atoms with van der Waals surface area (Å²) in [6, 6.07) is 23.4. The van der Waals surface area contributed by atoms with Crippen LogP contribution in [0, 0.1) is 0 Å². The van der Waals surface area contributed by atoms with E-state index in [-0.39, 0.29) is 35.0 Å². The average Bonchev–Trinajstić information content (AvgIpc) is 3.02. The molecule has 1 fully saturated rings. The number of Topliss-reactive ketones (excluding diaryl/α,β-unsaturated/α-hetero) is 1. The molecule has 4 aromatic carbocycles. The topological polar surface area (TPSA) is 102 Å². The number of ether oxygens (including phenoxy) is 1. The van der Waals surface area contributed by atoms with Gasteiger partial charge >= 0.3 is 0 Å². The maximum atomic E-state index is 13.0. The van der Waals surface area contributed by atoms with Crippen LogP contribution in [-0.2, 0) is 11.3 Å². The zero-order valence-electron chi connectivity index (χ0n) is 24.0. The Bertz CT molecular complexity index is 1650. The summed E-state index contributed by atoms with van der Waals surface area (Å²) in [5.74, 6) is 0.148. The molecule has 222 valence electrons. The molecule has 0 atom stereocenters. The first-order chi connectivity index (χ1) is 20.7. The minimum Gasteiger partial charge on any atom is -0.506 e. The first kappa shape index (κ1) is 29.9. The molecule has 1 heterocycles. The van der Waals surface area contributed by atoms with E-state index < -0.39 is 0 Å². The lowest BCUT2D eigenvalue weighted by molar-refractivity contribution is -0.133. The Balaban J connectivity index is 1.18. The van der Waals surface area contributed by atoms with E-state index in [0.29, 0.717) is 49.6 Å². The minimum absolute atomic E-state index is 0.0401. The summed E-state index contributed by atoms with van der Waals surface area (Å²) in [6.07, 6.45) is 0. The zero-order valence-corrected chi connectivity index (χ0v) is 24.8. The minimum atomic E-state index is -0.348. The monoisotopic (exact) mass is 600 g/mol. The van der Waals surface area contributed by atoms with Crippen molar-refractivity contribution in [2.45, 2.75) is 13.5 Å². The van der Waals surface area contributed by atoms with Crippen LogP contribution in [0.25, 0.3) is 10.8 Å². The molecule has 5 rings (SSSR count). The maximum Gasteiger partial charge on any atom is 0.265 e. The van der Waals surface area contributed by atoms with Gasteiger partial charge in [0.25, 0.3) is 11.8 Å². The number of rotatable bonds is 9. The van der Waals surface area contributed by atoms with Crippen molar-refractivity contribution >= 4 is 45.7 Å². The van der Waals surface area contributed by atoms with E-state index in [1.165, 1.54) is 18.2 Å². The number of nitrogens with one attached hydrogen (secondary N) is 1. The van der Waals surface area contributed by atoms with Crippen molar-refractivity contribution in [3.05, 3.63) is 101 Å². The van der Waals surface area contributed by atoms with Gasteiger partial charge in [-0.05, 0) is 66.4 Å². The number of carbonyl (C=O) groups excluding carboxylic acids is 3. The van der Waals surface area contributed by atoms with Crippen molar-refractivity contribution in [2.24, 2.45) is 0 Å². The van der Waals surface area contributed by atoms with Gasteiger partial charge in [-0.2, -0.15) is 0 Å². The van der Waals surface area contributed by atoms with E-state index in [4.69, 9.17) is 16.3 Å². The van der Waals surface area contributed by atoms with Gasteiger partial charge in [0.2, 0.25) is 0 Å². The molecule has 1 aliphatic rings. The number of carbonyl (C=O) groups is 3.